The number of benzene rings is 2. The summed E-state index contributed by atoms with van der Waals surface area (Å²) in [6, 6.07) is 13.0. The zero-order valence-electron chi connectivity index (χ0n) is 20.4. The third-order valence-corrected chi connectivity index (χ3v) is 5.57. The van der Waals surface area contributed by atoms with Crippen LogP contribution in [0.25, 0.3) is 10.9 Å². The van der Waals surface area contributed by atoms with Crippen LogP contribution in [0.3, 0.4) is 0 Å². The number of aromatic carboxylic acids is 1. The van der Waals surface area contributed by atoms with E-state index >= 15 is 0 Å². The van der Waals surface area contributed by atoms with E-state index in [1.807, 2.05) is 38.2 Å². The average Bonchev–Trinajstić information content (AvgIpc) is 3.22. The minimum Gasteiger partial charge on any atom is -0.478 e. The van der Waals surface area contributed by atoms with Gasteiger partial charge in [-0.15, -0.1) is 0 Å². The van der Waals surface area contributed by atoms with Crippen LogP contribution in [0.4, 0.5) is 18.9 Å². The molecule has 0 aliphatic rings. The summed E-state index contributed by atoms with van der Waals surface area (Å²) in [5.74, 6) is -1.66. The lowest BCUT2D eigenvalue weighted by molar-refractivity contribution is -0.142. The molecule has 10 heteroatoms. The second-order valence-corrected chi connectivity index (χ2v) is 8.54. The van der Waals surface area contributed by atoms with Gasteiger partial charge in [0, 0.05) is 29.5 Å². The van der Waals surface area contributed by atoms with Gasteiger partial charge in [-0.3, -0.25) is 9.67 Å². The van der Waals surface area contributed by atoms with E-state index in [-0.39, 0.29) is 6.54 Å². The molecule has 0 atom stereocenters. The smallest absolute Gasteiger partial charge is 0.436 e. The van der Waals surface area contributed by atoms with Crippen LogP contribution in [0.15, 0.2) is 48.7 Å². The van der Waals surface area contributed by atoms with E-state index in [0.717, 1.165) is 39.7 Å². The van der Waals surface area contributed by atoms with Crippen LogP contribution < -0.4 is 11.1 Å². The number of carbonyl (C=O) groups is 1. The van der Waals surface area contributed by atoms with E-state index in [1.54, 1.807) is 18.2 Å². The molecule has 0 amide bonds. The first-order valence-corrected chi connectivity index (χ1v) is 11.1. The fourth-order valence-electron chi connectivity index (χ4n) is 3.91. The number of aryl methyl sites for hydroxylation is 3. The zero-order valence-corrected chi connectivity index (χ0v) is 20.4. The molecule has 4 aromatic rings. The molecule has 0 fully saturated rings. The minimum absolute atomic E-state index is 0.0280. The summed E-state index contributed by atoms with van der Waals surface area (Å²) in [6.07, 6.45) is -3.92. The molecule has 2 aromatic carbocycles. The maximum atomic E-state index is 12.9. The second kappa shape index (κ2) is 10.8. The zero-order chi connectivity index (χ0) is 26.6. The quantitative estimate of drug-likeness (QED) is 0.330. The Morgan fingerprint density at radius 2 is 1.75 bits per heavy atom. The topological polar surface area (TPSA) is 106 Å². The van der Waals surface area contributed by atoms with Crippen LogP contribution in [0, 0.1) is 20.8 Å². The third kappa shape index (κ3) is 6.39. The molecule has 190 valence electrons. The normalized spacial score (nSPS) is 11.3. The Kier molecular flexibility index (Phi) is 7.99. The highest BCUT2D eigenvalue weighted by molar-refractivity contribution is 5.88. The van der Waals surface area contributed by atoms with Gasteiger partial charge in [0.15, 0.2) is 5.69 Å². The Morgan fingerprint density at radius 3 is 2.31 bits per heavy atom. The number of nitrogens with one attached hydrogen (secondary N) is 1. The third-order valence-electron chi connectivity index (χ3n) is 5.57. The van der Waals surface area contributed by atoms with Gasteiger partial charge in [0.05, 0.1) is 12.1 Å². The number of nitrogens with two attached hydrogens (primary N) is 1. The maximum absolute atomic E-state index is 12.9. The lowest BCUT2D eigenvalue weighted by Crippen LogP contribution is -2.12. The molecule has 2 heterocycles. The Labute approximate surface area is 206 Å². The predicted octanol–water partition coefficient (Wildman–Crippen LogP) is 5.11. The number of hydrogen-bond acceptors (Lipinski definition) is 5. The van der Waals surface area contributed by atoms with Crippen LogP contribution >= 0.6 is 0 Å². The first kappa shape index (κ1) is 26.7. The van der Waals surface area contributed by atoms with Crippen molar-refractivity contribution in [3.05, 3.63) is 87.9 Å². The summed E-state index contributed by atoms with van der Waals surface area (Å²) in [7, 11) is 1.95. The number of halogens is 3. The van der Waals surface area contributed by atoms with Gasteiger partial charge in [0.1, 0.15) is 5.56 Å². The van der Waals surface area contributed by atoms with E-state index in [0.29, 0.717) is 5.56 Å². The number of aromatic nitrogens is 3. The molecule has 2 aromatic heterocycles. The van der Waals surface area contributed by atoms with Crippen molar-refractivity contribution in [3.63, 3.8) is 0 Å². The van der Waals surface area contributed by atoms with Crippen molar-refractivity contribution in [2.24, 2.45) is 0 Å². The number of nitrogens with zero attached hydrogens (tertiary/aromatic N) is 3. The summed E-state index contributed by atoms with van der Waals surface area (Å²) in [5, 5.41) is 16.3. The molecule has 0 unspecified atom stereocenters. The average molecular weight is 500 g/mol. The molecule has 0 aliphatic carbocycles. The van der Waals surface area contributed by atoms with E-state index in [4.69, 9.17) is 10.8 Å². The van der Waals surface area contributed by atoms with Gasteiger partial charge >= 0.3 is 12.1 Å². The van der Waals surface area contributed by atoms with Crippen LogP contribution in [-0.2, 0) is 19.3 Å². The number of carboxylic acid groups (broad SMARTS) is 1. The molecule has 0 aliphatic heterocycles. The monoisotopic (exact) mass is 499 g/mol. The number of hydrogen-bond donors (Lipinski definition) is 3. The highest BCUT2D eigenvalue weighted by Crippen LogP contribution is 2.31. The van der Waals surface area contributed by atoms with Crippen LogP contribution in [0.1, 0.15) is 44.0 Å². The van der Waals surface area contributed by atoms with Crippen molar-refractivity contribution < 1.29 is 23.1 Å². The van der Waals surface area contributed by atoms with E-state index in [9.17, 15) is 18.0 Å². The first-order chi connectivity index (χ1) is 16.9. The predicted molar refractivity (Wildman–Crippen MR) is 133 cm³/mol. The van der Waals surface area contributed by atoms with Crippen molar-refractivity contribution in [1.82, 2.24) is 20.1 Å². The molecule has 4 rings (SSSR count). The van der Waals surface area contributed by atoms with E-state index in [1.165, 1.54) is 16.7 Å². The highest BCUT2D eigenvalue weighted by atomic mass is 19.4. The number of fused-ring (bicyclic) bond motifs is 1. The highest BCUT2D eigenvalue weighted by Gasteiger charge is 2.39. The Bertz CT molecular complexity index is 1370. The summed E-state index contributed by atoms with van der Waals surface area (Å²) in [5.41, 5.74) is 10.5. The fraction of sp³-hybridized carbons (Fsp3) is 0.269. The Balaban J connectivity index is 0.000000253. The minimum atomic E-state index is -4.82. The molecule has 0 spiro atoms. The van der Waals surface area contributed by atoms with Crippen molar-refractivity contribution >= 4 is 22.6 Å². The summed E-state index contributed by atoms with van der Waals surface area (Å²) < 4.78 is 39.6. The van der Waals surface area contributed by atoms with Crippen molar-refractivity contribution in [2.75, 3.05) is 12.8 Å². The van der Waals surface area contributed by atoms with Crippen molar-refractivity contribution in [2.45, 2.75) is 40.0 Å². The molecule has 0 radical (unpaired) electrons. The van der Waals surface area contributed by atoms with Gasteiger partial charge in [0.2, 0.25) is 0 Å². The van der Waals surface area contributed by atoms with E-state index in [2.05, 4.69) is 29.2 Å². The van der Waals surface area contributed by atoms with Gasteiger partial charge in [-0.2, -0.15) is 18.3 Å². The van der Waals surface area contributed by atoms with Crippen molar-refractivity contribution in [1.29, 1.82) is 0 Å². The molecule has 0 saturated carbocycles. The Morgan fingerprint density at radius 1 is 1.08 bits per heavy atom. The van der Waals surface area contributed by atoms with E-state index < -0.39 is 23.4 Å². The van der Waals surface area contributed by atoms with Crippen LogP contribution in [0.5, 0.6) is 0 Å². The molecule has 7 nitrogen and oxygen atoms in total. The van der Waals surface area contributed by atoms with Gasteiger partial charge in [-0.05, 0) is 80.4 Å². The lowest BCUT2D eigenvalue weighted by atomic mass is 10.0. The summed E-state index contributed by atoms with van der Waals surface area (Å²) >= 11 is 0. The fourth-order valence-corrected chi connectivity index (χ4v) is 3.91. The SMILES string of the molecule is CNCc1c(C)cc(N)cc1C.Cc1ccc2cc(Cn3cc(C(=O)O)c(C(F)(F)F)n3)ccc2n1. The van der Waals surface area contributed by atoms with Crippen LogP contribution in [-0.4, -0.2) is 32.9 Å². The second-order valence-electron chi connectivity index (χ2n) is 8.54. The largest absolute Gasteiger partial charge is 0.478 e. The molecule has 4 N–H and O–H groups in total. The number of alkyl halides is 3. The maximum Gasteiger partial charge on any atom is 0.436 e. The van der Waals surface area contributed by atoms with Gasteiger partial charge < -0.3 is 16.2 Å². The first-order valence-electron chi connectivity index (χ1n) is 11.1. The molecular weight excluding hydrogens is 471 g/mol. The lowest BCUT2D eigenvalue weighted by Gasteiger charge is -2.09. The molecule has 0 saturated heterocycles. The number of nitrogen functional groups attached to an aromatic ring is 1. The standard InChI is InChI=1S/C16H12F3N3O2.C10H16N2/c1-9-2-4-11-6-10(3-5-13(11)20-9)7-22-8-12(15(23)24)14(21-22)16(17,18)19;1-7-4-9(11)5-8(2)10(7)6-12-3/h2-6,8H,7H2,1H3,(H,23,24);4-5,12H,6,11H2,1-3H3. The Hall–Kier alpha value is -3.92. The summed E-state index contributed by atoms with van der Waals surface area (Å²) in [4.78, 5) is 15.3. The van der Waals surface area contributed by atoms with Crippen LogP contribution in [0.2, 0.25) is 0 Å². The molecule has 36 heavy (non-hydrogen) atoms. The number of anilines is 1. The molecular formula is C26H28F3N5O2. The van der Waals surface area contributed by atoms with Gasteiger partial charge in [-0.1, -0.05) is 12.1 Å². The summed E-state index contributed by atoms with van der Waals surface area (Å²) in [6.45, 7) is 6.99. The van der Waals surface area contributed by atoms with Crippen molar-refractivity contribution in [3.8, 4) is 0 Å². The number of carboxylic acids is 1. The van der Waals surface area contributed by atoms with Gasteiger partial charge in [-0.25, -0.2) is 4.79 Å². The van der Waals surface area contributed by atoms with Gasteiger partial charge in [0.25, 0.3) is 0 Å². The molecule has 0 bridgehead atoms. The number of pyridine rings is 1. The number of rotatable bonds is 5.